The summed E-state index contributed by atoms with van der Waals surface area (Å²) in [5, 5.41) is 12.4. The van der Waals surface area contributed by atoms with Crippen molar-refractivity contribution >= 4 is 11.7 Å². The van der Waals surface area contributed by atoms with E-state index in [1.807, 2.05) is 24.3 Å². The minimum absolute atomic E-state index is 0.295. The number of halogens is 3. The second kappa shape index (κ2) is 5.00. The molecule has 2 aromatic rings. The van der Waals surface area contributed by atoms with Gasteiger partial charge in [0.25, 0.3) is 0 Å². The van der Waals surface area contributed by atoms with Crippen LogP contribution < -0.4 is 5.32 Å². The van der Waals surface area contributed by atoms with Gasteiger partial charge in [0.15, 0.2) is 0 Å². The van der Waals surface area contributed by atoms with E-state index >= 15 is 0 Å². The molecule has 1 aliphatic heterocycles. The lowest BCUT2D eigenvalue weighted by Gasteiger charge is -2.35. The van der Waals surface area contributed by atoms with Crippen LogP contribution in [0.4, 0.5) is 18.9 Å². The maximum atomic E-state index is 13.1. The number of rotatable bonds is 1. The first kappa shape index (κ1) is 15.1. The van der Waals surface area contributed by atoms with Crippen LogP contribution in [0.1, 0.15) is 28.2 Å². The van der Waals surface area contributed by atoms with E-state index in [9.17, 15) is 23.1 Å². The predicted octanol–water partition coefficient (Wildman–Crippen LogP) is 3.89. The predicted molar refractivity (Wildman–Crippen MR) is 82.0 cm³/mol. The number of carboxylic acid groups (broad SMARTS) is 1. The van der Waals surface area contributed by atoms with Crippen molar-refractivity contribution in [2.45, 2.75) is 24.6 Å². The monoisotopic (exact) mass is 333 g/mol. The Morgan fingerprint density at radius 1 is 1.12 bits per heavy atom. The summed E-state index contributed by atoms with van der Waals surface area (Å²) in [5.41, 5.74) is 2.22. The maximum Gasteiger partial charge on any atom is 0.416 e. The lowest BCUT2D eigenvalue weighted by atomic mass is 9.77. The van der Waals surface area contributed by atoms with Gasteiger partial charge >= 0.3 is 12.1 Å². The number of anilines is 1. The molecule has 2 aliphatic rings. The fraction of sp³-hybridized carbons (Fsp3) is 0.278. The van der Waals surface area contributed by atoms with Gasteiger partial charge in [0, 0.05) is 17.5 Å². The van der Waals surface area contributed by atoms with Gasteiger partial charge in [0.2, 0.25) is 0 Å². The van der Waals surface area contributed by atoms with Crippen molar-refractivity contribution < 1.29 is 23.1 Å². The van der Waals surface area contributed by atoms with Crippen molar-refractivity contribution in [2.75, 3.05) is 5.32 Å². The first-order valence-corrected chi connectivity index (χ1v) is 7.64. The molecule has 0 fully saturated rings. The Kier molecular flexibility index (Phi) is 3.13. The van der Waals surface area contributed by atoms with Gasteiger partial charge in [0.05, 0.1) is 5.56 Å². The van der Waals surface area contributed by atoms with E-state index in [1.165, 1.54) is 6.07 Å². The molecule has 3 nitrogen and oxygen atoms in total. The normalized spacial score (nSPS) is 24.5. The molecule has 2 aromatic carbocycles. The van der Waals surface area contributed by atoms with Gasteiger partial charge in [-0.1, -0.05) is 24.3 Å². The third-order valence-electron chi connectivity index (χ3n) is 4.99. The molecular weight excluding hydrogens is 319 g/mol. The van der Waals surface area contributed by atoms with Crippen molar-refractivity contribution in [3.63, 3.8) is 0 Å². The average Bonchev–Trinajstić information content (AvgIpc) is 2.92. The van der Waals surface area contributed by atoms with Gasteiger partial charge in [-0.2, -0.15) is 13.2 Å². The van der Waals surface area contributed by atoms with Crippen LogP contribution in [0.2, 0.25) is 0 Å². The Morgan fingerprint density at radius 2 is 1.88 bits per heavy atom. The zero-order valence-corrected chi connectivity index (χ0v) is 12.5. The molecular formula is C18H14F3NO2. The summed E-state index contributed by atoms with van der Waals surface area (Å²) < 4.78 is 39.3. The Bertz CT molecular complexity index is 831. The zero-order valence-electron chi connectivity index (χ0n) is 12.5. The molecule has 0 spiro atoms. The summed E-state index contributed by atoms with van der Waals surface area (Å²) >= 11 is 0. The lowest BCUT2D eigenvalue weighted by Crippen LogP contribution is -2.42. The summed E-state index contributed by atoms with van der Waals surface area (Å²) in [6.45, 7) is 0. The molecule has 3 atom stereocenters. The summed E-state index contributed by atoms with van der Waals surface area (Å²) in [7, 11) is 0. The van der Waals surface area contributed by atoms with Gasteiger partial charge in [-0.25, -0.2) is 4.79 Å². The Labute approximate surface area is 136 Å². The van der Waals surface area contributed by atoms with Crippen LogP contribution in [0.5, 0.6) is 0 Å². The molecule has 124 valence electrons. The molecule has 0 aromatic heterocycles. The van der Waals surface area contributed by atoms with Crippen LogP contribution in [0.25, 0.3) is 0 Å². The molecule has 0 saturated carbocycles. The van der Waals surface area contributed by atoms with Gasteiger partial charge in [-0.05, 0) is 41.3 Å². The quantitative estimate of drug-likeness (QED) is 0.832. The highest BCUT2D eigenvalue weighted by Gasteiger charge is 2.46. The fourth-order valence-corrected chi connectivity index (χ4v) is 3.98. The summed E-state index contributed by atoms with van der Waals surface area (Å²) in [6.07, 6.45) is -3.88. The molecule has 0 radical (unpaired) electrons. The number of fused-ring (bicyclic) bond motifs is 5. The van der Waals surface area contributed by atoms with E-state index in [0.717, 1.165) is 23.3 Å². The minimum atomic E-state index is -4.42. The highest BCUT2D eigenvalue weighted by molar-refractivity contribution is 5.81. The average molecular weight is 333 g/mol. The molecule has 24 heavy (non-hydrogen) atoms. The van der Waals surface area contributed by atoms with Crippen molar-refractivity contribution in [2.24, 2.45) is 5.92 Å². The number of carboxylic acids is 1. The second-order valence-corrected chi connectivity index (χ2v) is 6.30. The topological polar surface area (TPSA) is 49.3 Å². The largest absolute Gasteiger partial charge is 0.480 e. The first-order valence-electron chi connectivity index (χ1n) is 7.64. The van der Waals surface area contributed by atoms with Crippen LogP contribution in [0.3, 0.4) is 0 Å². The Morgan fingerprint density at radius 3 is 2.58 bits per heavy atom. The first-order chi connectivity index (χ1) is 11.4. The van der Waals surface area contributed by atoms with Gasteiger partial charge in [0.1, 0.15) is 6.04 Å². The number of carbonyl (C=O) groups is 1. The van der Waals surface area contributed by atoms with Crippen molar-refractivity contribution in [3.05, 3.63) is 64.7 Å². The summed E-state index contributed by atoms with van der Waals surface area (Å²) in [6, 6.07) is 10.2. The lowest BCUT2D eigenvalue weighted by molar-refractivity contribution is -0.140. The van der Waals surface area contributed by atoms with E-state index in [2.05, 4.69) is 5.32 Å². The number of hydrogen-bond donors (Lipinski definition) is 2. The van der Waals surface area contributed by atoms with Gasteiger partial charge in [-0.3, -0.25) is 0 Å². The molecule has 1 aliphatic carbocycles. The van der Waals surface area contributed by atoms with Crippen molar-refractivity contribution in [3.8, 4) is 0 Å². The molecule has 2 N–H and O–H groups in total. The van der Waals surface area contributed by atoms with E-state index in [-0.39, 0.29) is 11.8 Å². The molecule has 0 bridgehead atoms. The van der Waals surface area contributed by atoms with Gasteiger partial charge in [-0.15, -0.1) is 0 Å². The highest BCUT2D eigenvalue weighted by atomic mass is 19.4. The number of alkyl halides is 3. The van der Waals surface area contributed by atoms with E-state index in [4.69, 9.17) is 0 Å². The molecule has 1 heterocycles. The third-order valence-corrected chi connectivity index (χ3v) is 4.99. The molecule has 4 rings (SSSR count). The fourth-order valence-electron chi connectivity index (χ4n) is 3.98. The summed E-state index contributed by atoms with van der Waals surface area (Å²) in [5.74, 6) is -1.61. The maximum absolute atomic E-state index is 13.1. The zero-order chi connectivity index (χ0) is 17.1. The van der Waals surface area contributed by atoms with E-state index in [0.29, 0.717) is 17.7 Å². The SMILES string of the molecule is O=C(O)C1Nc2ccc(C(F)(F)F)cc2C2c3ccccc3CC12. The standard InChI is InChI=1S/C18H14F3NO2/c19-18(20,21)10-5-6-14-12(8-10)15-11-4-2-1-3-9(11)7-13(15)16(22-14)17(23)24/h1-6,8,13,15-16,22H,7H2,(H,23,24). The van der Waals surface area contributed by atoms with E-state index in [1.54, 1.807) is 0 Å². The Hall–Kier alpha value is -2.50. The number of aliphatic carboxylic acids is 1. The molecule has 6 heteroatoms. The highest BCUT2D eigenvalue weighted by Crippen LogP contribution is 2.50. The van der Waals surface area contributed by atoms with E-state index < -0.39 is 23.8 Å². The van der Waals surface area contributed by atoms with Gasteiger partial charge < -0.3 is 10.4 Å². The number of nitrogens with one attached hydrogen (secondary N) is 1. The molecule has 0 amide bonds. The van der Waals surface area contributed by atoms with Crippen LogP contribution >= 0.6 is 0 Å². The van der Waals surface area contributed by atoms with Crippen LogP contribution in [-0.2, 0) is 17.4 Å². The molecule has 0 saturated heterocycles. The Balaban J connectivity index is 1.91. The minimum Gasteiger partial charge on any atom is -0.480 e. The van der Waals surface area contributed by atoms with Crippen LogP contribution in [-0.4, -0.2) is 17.1 Å². The second-order valence-electron chi connectivity index (χ2n) is 6.30. The number of benzene rings is 2. The van der Waals surface area contributed by atoms with Crippen molar-refractivity contribution in [1.29, 1.82) is 0 Å². The molecule has 3 unspecified atom stereocenters. The smallest absolute Gasteiger partial charge is 0.416 e. The van der Waals surface area contributed by atoms with Crippen LogP contribution in [0.15, 0.2) is 42.5 Å². The number of hydrogen-bond acceptors (Lipinski definition) is 2. The van der Waals surface area contributed by atoms with Crippen LogP contribution in [0, 0.1) is 5.92 Å². The summed E-state index contributed by atoms with van der Waals surface area (Å²) in [4.78, 5) is 11.6. The third kappa shape index (κ3) is 2.17. The van der Waals surface area contributed by atoms with Crippen molar-refractivity contribution in [1.82, 2.24) is 0 Å².